The van der Waals surface area contributed by atoms with Gasteiger partial charge in [-0.25, -0.2) is 0 Å². The minimum absolute atomic E-state index is 0.116. The van der Waals surface area contributed by atoms with Crippen molar-refractivity contribution in [2.45, 2.75) is 40.7 Å². The quantitative estimate of drug-likeness (QED) is 0.655. The highest BCUT2D eigenvalue weighted by molar-refractivity contribution is 5.46. The van der Waals surface area contributed by atoms with Gasteiger partial charge in [0.1, 0.15) is 0 Å². The van der Waals surface area contributed by atoms with Crippen LogP contribution in [0.2, 0.25) is 0 Å². The van der Waals surface area contributed by atoms with E-state index >= 15 is 0 Å². The monoisotopic (exact) mass is 177 g/mol. The lowest BCUT2D eigenvalue weighted by Gasteiger charge is -2.27. The largest absolute Gasteiger partial charge is 0.356 e. The maximum atomic E-state index is 12.2. The van der Waals surface area contributed by atoms with Crippen molar-refractivity contribution in [3.63, 3.8) is 0 Å². The number of nitrogens with one attached hydrogen (secondary N) is 1. The summed E-state index contributed by atoms with van der Waals surface area (Å²) >= 11 is 0. The van der Waals surface area contributed by atoms with Crippen molar-refractivity contribution < 1.29 is 9.18 Å². The Balaban J connectivity index is 0. The van der Waals surface area contributed by atoms with Crippen molar-refractivity contribution in [3.05, 3.63) is 0 Å². The average molecular weight is 177 g/mol. The number of alkyl halides is 1. The van der Waals surface area contributed by atoms with Gasteiger partial charge in [-0.3, -0.25) is 9.18 Å². The number of hydrogen-bond donors (Lipinski definition) is 1. The second kappa shape index (κ2) is 7.07. The first-order chi connectivity index (χ1) is 5.54. The van der Waals surface area contributed by atoms with E-state index in [-0.39, 0.29) is 6.04 Å². The van der Waals surface area contributed by atoms with Crippen LogP contribution in [0.15, 0.2) is 0 Å². The van der Waals surface area contributed by atoms with Crippen LogP contribution < -0.4 is 5.32 Å². The standard InChI is InChI=1S/C7H14FNO.C2H6/c1-6(9-5-10)7(2,3)4-8;1-2/h5-6H,4H2,1-3H3,(H,9,10);1-2H3. The van der Waals surface area contributed by atoms with Gasteiger partial charge in [0, 0.05) is 11.5 Å². The van der Waals surface area contributed by atoms with Gasteiger partial charge in [-0.2, -0.15) is 0 Å². The van der Waals surface area contributed by atoms with Gasteiger partial charge in [-0.15, -0.1) is 0 Å². The fourth-order valence-corrected chi connectivity index (χ4v) is 0.443. The minimum atomic E-state index is -0.457. The molecule has 0 fully saturated rings. The number of amides is 1. The molecule has 0 radical (unpaired) electrons. The van der Waals surface area contributed by atoms with Crippen LogP contribution in [0.3, 0.4) is 0 Å². The van der Waals surface area contributed by atoms with Crippen molar-refractivity contribution in [1.29, 1.82) is 0 Å². The van der Waals surface area contributed by atoms with Crippen molar-refractivity contribution in [2.24, 2.45) is 5.41 Å². The zero-order valence-corrected chi connectivity index (χ0v) is 8.65. The van der Waals surface area contributed by atoms with Gasteiger partial charge in [0.2, 0.25) is 6.41 Å². The van der Waals surface area contributed by atoms with Gasteiger partial charge in [0.25, 0.3) is 0 Å². The fourth-order valence-electron chi connectivity index (χ4n) is 0.443. The van der Waals surface area contributed by atoms with E-state index in [4.69, 9.17) is 0 Å². The summed E-state index contributed by atoms with van der Waals surface area (Å²) in [6.07, 6.45) is 0.599. The lowest BCUT2D eigenvalue weighted by Crippen LogP contribution is -2.40. The lowest BCUT2D eigenvalue weighted by molar-refractivity contribution is -0.110. The van der Waals surface area contributed by atoms with Crippen LogP contribution in [-0.2, 0) is 4.79 Å². The zero-order chi connectivity index (χ0) is 10.2. The normalized spacial score (nSPS) is 12.5. The number of hydrogen-bond acceptors (Lipinski definition) is 1. The molecule has 3 heteroatoms. The summed E-state index contributed by atoms with van der Waals surface area (Å²) in [5.74, 6) is 0. The second-order valence-electron chi connectivity index (χ2n) is 3.13. The Hall–Kier alpha value is -0.600. The van der Waals surface area contributed by atoms with Crippen LogP contribution >= 0.6 is 0 Å². The molecule has 0 aromatic heterocycles. The number of carbonyl (C=O) groups excluding carboxylic acids is 1. The van der Waals surface area contributed by atoms with Gasteiger partial charge in [0.15, 0.2) is 0 Å². The van der Waals surface area contributed by atoms with E-state index in [0.29, 0.717) is 6.41 Å². The molecular weight excluding hydrogens is 157 g/mol. The highest BCUT2D eigenvalue weighted by Crippen LogP contribution is 2.19. The van der Waals surface area contributed by atoms with E-state index < -0.39 is 12.1 Å². The molecule has 0 saturated heterocycles. The van der Waals surface area contributed by atoms with Crippen molar-refractivity contribution in [1.82, 2.24) is 5.32 Å². The third-order valence-electron chi connectivity index (χ3n) is 1.83. The second-order valence-corrected chi connectivity index (χ2v) is 3.13. The predicted molar refractivity (Wildman–Crippen MR) is 49.8 cm³/mol. The first kappa shape index (κ1) is 14.0. The molecule has 1 atom stereocenters. The van der Waals surface area contributed by atoms with E-state index in [1.807, 2.05) is 13.8 Å². The fraction of sp³-hybridized carbons (Fsp3) is 0.889. The SMILES string of the molecule is CC.CC(NC=O)C(C)(C)CF. The summed E-state index contributed by atoms with van der Waals surface area (Å²) < 4.78 is 12.2. The topological polar surface area (TPSA) is 29.1 Å². The van der Waals surface area contributed by atoms with E-state index in [1.54, 1.807) is 20.8 Å². The third-order valence-corrected chi connectivity index (χ3v) is 1.83. The van der Waals surface area contributed by atoms with E-state index in [1.165, 1.54) is 0 Å². The van der Waals surface area contributed by atoms with E-state index in [9.17, 15) is 9.18 Å². The summed E-state index contributed by atoms with van der Waals surface area (Å²) in [5.41, 5.74) is -0.457. The molecule has 0 bridgehead atoms. The molecule has 2 nitrogen and oxygen atoms in total. The summed E-state index contributed by atoms with van der Waals surface area (Å²) in [5, 5.41) is 2.52. The van der Waals surface area contributed by atoms with Crippen molar-refractivity contribution >= 4 is 6.41 Å². The number of halogens is 1. The number of rotatable bonds is 4. The molecule has 1 amide bonds. The zero-order valence-electron chi connectivity index (χ0n) is 8.65. The minimum Gasteiger partial charge on any atom is -0.356 e. The van der Waals surface area contributed by atoms with Gasteiger partial charge >= 0.3 is 0 Å². The molecule has 0 spiro atoms. The molecule has 0 aromatic carbocycles. The van der Waals surface area contributed by atoms with Gasteiger partial charge in [-0.05, 0) is 6.92 Å². The number of carbonyl (C=O) groups is 1. The van der Waals surface area contributed by atoms with Crippen LogP contribution in [0.4, 0.5) is 4.39 Å². The molecule has 1 N–H and O–H groups in total. The van der Waals surface area contributed by atoms with E-state index in [0.717, 1.165) is 0 Å². The summed E-state index contributed by atoms with van der Waals surface area (Å²) in [6.45, 7) is 8.91. The molecule has 0 saturated carbocycles. The van der Waals surface area contributed by atoms with Crippen molar-refractivity contribution in [2.75, 3.05) is 6.67 Å². The Morgan fingerprint density at radius 1 is 1.50 bits per heavy atom. The van der Waals surface area contributed by atoms with Crippen LogP contribution in [0.1, 0.15) is 34.6 Å². The first-order valence-electron chi connectivity index (χ1n) is 4.30. The Morgan fingerprint density at radius 3 is 2.17 bits per heavy atom. The van der Waals surface area contributed by atoms with Crippen LogP contribution in [0.25, 0.3) is 0 Å². The Morgan fingerprint density at radius 2 is 1.92 bits per heavy atom. The van der Waals surface area contributed by atoms with Gasteiger partial charge < -0.3 is 5.32 Å². The van der Waals surface area contributed by atoms with E-state index in [2.05, 4.69) is 5.32 Å². The maximum Gasteiger partial charge on any atom is 0.207 e. The van der Waals surface area contributed by atoms with Crippen molar-refractivity contribution in [3.8, 4) is 0 Å². The molecule has 0 rings (SSSR count). The highest BCUT2D eigenvalue weighted by Gasteiger charge is 2.24. The van der Waals surface area contributed by atoms with Gasteiger partial charge in [0.05, 0.1) is 6.67 Å². The molecule has 0 aliphatic rings. The maximum absolute atomic E-state index is 12.2. The summed E-state index contributed by atoms with van der Waals surface area (Å²) in [7, 11) is 0. The summed E-state index contributed by atoms with van der Waals surface area (Å²) in [6, 6.07) is -0.116. The molecule has 1 unspecified atom stereocenters. The molecule has 0 aliphatic heterocycles. The van der Waals surface area contributed by atoms with Crippen LogP contribution in [0, 0.1) is 5.41 Å². The molecule has 74 valence electrons. The lowest BCUT2D eigenvalue weighted by atomic mass is 9.87. The molecular formula is C9H20FNO. The van der Waals surface area contributed by atoms with Crippen LogP contribution in [0.5, 0.6) is 0 Å². The predicted octanol–water partition coefficient (Wildman–Crippen LogP) is 2.14. The van der Waals surface area contributed by atoms with Crippen LogP contribution in [-0.4, -0.2) is 19.1 Å². The van der Waals surface area contributed by atoms with Gasteiger partial charge in [-0.1, -0.05) is 27.7 Å². The Kier molecular flexibility index (Phi) is 8.22. The molecule has 0 aromatic rings. The third kappa shape index (κ3) is 5.10. The average Bonchev–Trinajstić information content (AvgIpc) is 2.08. The summed E-state index contributed by atoms with van der Waals surface area (Å²) in [4.78, 5) is 9.94. The Labute approximate surface area is 74.5 Å². The molecule has 0 heterocycles. The molecule has 12 heavy (non-hydrogen) atoms. The smallest absolute Gasteiger partial charge is 0.207 e. The first-order valence-corrected chi connectivity index (χ1v) is 4.30. The highest BCUT2D eigenvalue weighted by atomic mass is 19.1. The Bertz CT molecular complexity index is 115. The molecule has 0 aliphatic carbocycles.